The molecule has 1 atom stereocenters. The van der Waals surface area contributed by atoms with Gasteiger partial charge in [0.15, 0.2) is 0 Å². The largest absolute Gasteiger partial charge is 0.444 e. The second-order valence-corrected chi connectivity index (χ2v) is 10.3. The zero-order valence-corrected chi connectivity index (χ0v) is 21.1. The SMILES string of the molecule is CC(NC(=O)C1(NC(=O)OC(C)(C)C)CCN(c2ncnc3[nH]ccc23)CC1)c1ccc(Cl)cc1. The number of hydrogen-bond donors (Lipinski definition) is 3. The molecule has 10 heteroatoms. The van der Waals surface area contributed by atoms with E-state index in [1.807, 2.05) is 31.3 Å². The lowest BCUT2D eigenvalue weighted by Gasteiger charge is -2.42. The molecule has 0 radical (unpaired) electrons. The van der Waals surface area contributed by atoms with Gasteiger partial charge in [-0.2, -0.15) is 0 Å². The Morgan fingerprint density at radius 1 is 1.14 bits per heavy atom. The summed E-state index contributed by atoms with van der Waals surface area (Å²) in [5, 5.41) is 7.52. The lowest BCUT2D eigenvalue weighted by molar-refractivity contribution is -0.129. The highest BCUT2D eigenvalue weighted by atomic mass is 35.5. The van der Waals surface area contributed by atoms with E-state index in [4.69, 9.17) is 16.3 Å². The van der Waals surface area contributed by atoms with Crippen molar-refractivity contribution in [2.75, 3.05) is 18.0 Å². The van der Waals surface area contributed by atoms with Crippen molar-refractivity contribution >= 4 is 40.5 Å². The molecular weight excluding hydrogens is 468 g/mol. The van der Waals surface area contributed by atoms with E-state index in [0.717, 1.165) is 22.4 Å². The number of aromatic nitrogens is 3. The number of ether oxygens (including phenoxy) is 1. The van der Waals surface area contributed by atoms with Gasteiger partial charge in [0.2, 0.25) is 5.91 Å². The van der Waals surface area contributed by atoms with E-state index in [1.165, 1.54) is 6.33 Å². The summed E-state index contributed by atoms with van der Waals surface area (Å²) in [4.78, 5) is 40.3. The number of carbonyl (C=O) groups excluding carboxylic acids is 2. The monoisotopic (exact) mass is 498 g/mol. The second-order valence-electron chi connectivity index (χ2n) is 9.88. The topological polar surface area (TPSA) is 112 Å². The van der Waals surface area contributed by atoms with Crippen LogP contribution in [0.3, 0.4) is 0 Å². The Morgan fingerprint density at radius 3 is 2.49 bits per heavy atom. The average Bonchev–Trinajstić information content (AvgIpc) is 3.28. The van der Waals surface area contributed by atoms with Crippen molar-refractivity contribution in [3.8, 4) is 0 Å². The number of piperidine rings is 1. The van der Waals surface area contributed by atoms with Crippen LogP contribution >= 0.6 is 11.6 Å². The van der Waals surface area contributed by atoms with E-state index in [2.05, 4.69) is 30.5 Å². The fourth-order valence-corrected chi connectivity index (χ4v) is 4.41. The Morgan fingerprint density at radius 2 is 1.83 bits per heavy atom. The van der Waals surface area contributed by atoms with E-state index < -0.39 is 17.2 Å². The molecule has 0 spiro atoms. The number of fused-ring (bicyclic) bond motifs is 1. The zero-order chi connectivity index (χ0) is 25.2. The predicted molar refractivity (Wildman–Crippen MR) is 135 cm³/mol. The highest BCUT2D eigenvalue weighted by Crippen LogP contribution is 2.30. The number of alkyl carbamates (subject to hydrolysis) is 1. The van der Waals surface area contributed by atoms with Crippen LogP contribution < -0.4 is 15.5 Å². The average molecular weight is 499 g/mol. The number of aromatic amines is 1. The Kier molecular flexibility index (Phi) is 6.89. The second kappa shape index (κ2) is 9.73. The number of rotatable bonds is 5. The molecule has 1 saturated heterocycles. The molecular formula is C25H31ClN6O3. The van der Waals surface area contributed by atoms with Gasteiger partial charge in [-0.1, -0.05) is 23.7 Å². The van der Waals surface area contributed by atoms with Gasteiger partial charge in [-0.3, -0.25) is 4.79 Å². The van der Waals surface area contributed by atoms with Crippen molar-refractivity contribution in [2.45, 2.75) is 57.7 Å². The van der Waals surface area contributed by atoms with E-state index in [0.29, 0.717) is 31.0 Å². The van der Waals surface area contributed by atoms with Gasteiger partial charge >= 0.3 is 6.09 Å². The van der Waals surface area contributed by atoms with E-state index in [9.17, 15) is 9.59 Å². The van der Waals surface area contributed by atoms with Crippen molar-refractivity contribution < 1.29 is 14.3 Å². The summed E-state index contributed by atoms with van der Waals surface area (Å²) in [6.45, 7) is 8.33. The Bertz CT molecular complexity index is 1200. The molecule has 1 unspecified atom stereocenters. The Balaban J connectivity index is 1.54. The van der Waals surface area contributed by atoms with Gasteiger partial charge in [0.05, 0.1) is 11.4 Å². The minimum absolute atomic E-state index is 0.250. The first-order chi connectivity index (χ1) is 16.6. The predicted octanol–water partition coefficient (Wildman–Crippen LogP) is 4.35. The summed E-state index contributed by atoms with van der Waals surface area (Å²) in [5.41, 5.74) is -0.124. The Hall–Kier alpha value is -3.33. The third-order valence-corrected chi connectivity index (χ3v) is 6.39. The van der Waals surface area contributed by atoms with E-state index in [-0.39, 0.29) is 11.9 Å². The first-order valence-corrected chi connectivity index (χ1v) is 12.0. The number of carbonyl (C=O) groups is 2. The minimum atomic E-state index is -1.12. The first kappa shape index (κ1) is 24.8. The number of hydrogen-bond acceptors (Lipinski definition) is 6. The molecule has 186 valence electrons. The summed E-state index contributed by atoms with van der Waals surface area (Å²) in [5.74, 6) is 0.553. The Labute approximate surface area is 209 Å². The molecule has 35 heavy (non-hydrogen) atoms. The van der Waals surface area contributed by atoms with Crippen LogP contribution in [-0.2, 0) is 9.53 Å². The van der Waals surface area contributed by atoms with Gasteiger partial charge < -0.3 is 25.3 Å². The molecule has 3 heterocycles. The van der Waals surface area contributed by atoms with Crippen LogP contribution in [0.5, 0.6) is 0 Å². The van der Waals surface area contributed by atoms with Crippen LogP contribution in [0.1, 0.15) is 52.1 Å². The molecule has 3 N–H and O–H groups in total. The van der Waals surface area contributed by atoms with Crippen LogP contribution in [0.2, 0.25) is 5.02 Å². The van der Waals surface area contributed by atoms with Crippen molar-refractivity contribution in [1.82, 2.24) is 25.6 Å². The maximum Gasteiger partial charge on any atom is 0.408 e. The molecule has 0 bridgehead atoms. The molecule has 0 saturated carbocycles. The number of nitrogens with zero attached hydrogens (tertiary/aromatic N) is 3. The number of nitrogens with one attached hydrogen (secondary N) is 3. The maximum atomic E-state index is 13.6. The van der Waals surface area contributed by atoms with Gasteiger partial charge in [0.25, 0.3) is 0 Å². The molecule has 9 nitrogen and oxygen atoms in total. The van der Waals surface area contributed by atoms with Gasteiger partial charge in [-0.15, -0.1) is 0 Å². The summed E-state index contributed by atoms with van der Waals surface area (Å²) in [7, 11) is 0. The molecule has 4 rings (SSSR count). The number of amides is 2. The lowest BCUT2D eigenvalue weighted by atomic mass is 9.86. The maximum absolute atomic E-state index is 13.6. The van der Waals surface area contributed by atoms with Crippen molar-refractivity contribution in [3.05, 3.63) is 53.4 Å². The van der Waals surface area contributed by atoms with Crippen molar-refractivity contribution in [2.24, 2.45) is 0 Å². The van der Waals surface area contributed by atoms with Gasteiger partial charge in [0.1, 0.15) is 28.9 Å². The number of benzene rings is 1. The summed E-state index contributed by atoms with van der Waals surface area (Å²) < 4.78 is 5.49. The standard InChI is InChI=1S/C25H31ClN6O3/c1-16(17-5-7-18(26)8-6-17)30-22(33)25(31-23(34)35-24(2,3)4)10-13-32(14-11-25)21-19-9-12-27-20(19)28-15-29-21/h5-9,12,15-16H,10-11,13-14H2,1-4H3,(H,30,33)(H,31,34)(H,27,28,29). The number of anilines is 1. The highest BCUT2D eigenvalue weighted by Gasteiger charge is 2.44. The fraction of sp³-hybridized carbons (Fsp3) is 0.440. The van der Waals surface area contributed by atoms with Gasteiger partial charge in [-0.05, 0) is 64.3 Å². The molecule has 1 aliphatic heterocycles. The minimum Gasteiger partial charge on any atom is -0.444 e. The molecule has 1 aliphatic rings. The third-order valence-electron chi connectivity index (χ3n) is 6.14. The molecule has 2 aromatic heterocycles. The summed E-state index contributed by atoms with van der Waals surface area (Å²) in [6, 6.07) is 9.00. The van der Waals surface area contributed by atoms with E-state index >= 15 is 0 Å². The molecule has 1 fully saturated rings. The highest BCUT2D eigenvalue weighted by molar-refractivity contribution is 6.30. The number of halogens is 1. The van der Waals surface area contributed by atoms with Gasteiger partial charge in [0, 0.05) is 24.3 Å². The molecule has 2 amide bonds. The molecule has 3 aromatic rings. The van der Waals surface area contributed by atoms with Crippen LogP contribution in [0, 0.1) is 0 Å². The van der Waals surface area contributed by atoms with Crippen LogP contribution in [0.25, 0.3) is 11.0 Å². The zero-order valence-electron chi connectivity index (χ0n) is 20.4. The molecule has 0 aliphatic carbocycles. The van der Waals surface area contributed by atoms with Crippen molar-refractivity contribution in [1.29, 1.82) is 0 Å². The smallest absolute Gasteiger partial charge is 0.408 e. The lowest BCUT2D eigenvalue weighted by Crippen LogP contribution is -2.64. The quantitative estimate of drug-likeness (QED) is 0.482. The van der Waals surface area contributed by atoms with Crippen molar-refractivity contribution in [3.63, 3.8) is 0 Å². The van der Waals surface area contributed by atoms with Crippen LogP contribution in [0.4, 0.5) is 10.6 Å². The van der Waals surface area contributed by atoms with Crippen LogP contribution in [-0.4, -0.2) is 51.2 Å². The fourth-order valence-electron chi connectivity index (χ4n) is 4.29. The summed E-state index contributed by atoms with van der Waals surface area (Å²) >= 11 is 6.00. The molecule has 1 aromatic carbocycles. The number of H-pyrrole nitrogens is 1. The van der Waals surface area contributed by atoms with E-state index in [1.54, 1.807) is 32.9 Å². The first-order valence-electron chi connectivity index (χ1n) is 11.7. The summed E-state index contributed by atoms with van der Waals surface area (Å²) in [6.07, 6.45) is 3.51. The van der Waals surface area contributed by atoms with Crippen LogP contribution in [0.15, 0.2) is 42.9 Å². The van der Waals surface area contributed by atoms with Gasteiger partial charge in [-0.25, -0.2) is 14.8 Å². The third kappa shape index (κ3) is 5.67. The normalized spacial score (nSPS) is 16.5.